The van der Waals surface area contributed by atoms with Crippen molar-refractivity contribution in [2.75, 3.05) is 0 Å². The molecule has 1 atom stereocenters. The SMILES string of the molecule is CC(C)(C)Sc1ccccc1[C@H](N)C(=O)O. The zero-order chi connectivity index (χ0) is 12.3. The molecule has 88 valence electrons. The van der Waals surface area contributed by atoms with Gasteiger partial charge in [-0.2, -0.15) is 0 Å². The smallest absolute Gasteiger partial charge is 0.325 e. The molecule has 0 aliphatic carbocycles. The second kappa shape index (κ2) is 4.89. The molecule has 0 aliphatic rings. The van der Waals surface area contributed by atoms with Gasteiger partial charge in [0.1, 0.15) is 6.04 Å². The Hall–Kier alpha value is -1.00. The number of benzene rings is 1. The van der Waals surface area contributed by atoms with Crippen LogP contribution in [-0.2, 0) is 4.79 Å². The minimum Gasteiger partial charge on any atom is -0.480 e. The van der Waals surface area contributed by atoms with Gasteiger partial charge in [0, 0.05) is 9.64 Å². The summed E-state index contributed by atoms with van der Waals surface area (Å²) in [4.78, 5) is 11.8. The molecule has 1 rings (SSSR count). The highest BCUT2D eigenvalue weighted by Crippen LogP contribution is 2.35. The Morgan fingerprint density at radius 1 is 1.38 bits per heavy atom. The quantitative estimate of drug-likeness (QED) is 0.796. The Bertz CT molecular complexity index is 385. The second-order valence-corrected chi connectivity index (χ2v) is 6.44. The zero-order valence-electron chi connectivity index (χ0n) is 9.73. The van der Waals surface area contributed by atoms with Crippen LogP contribution in [0.3, 0.4) is 0 Å². The Morgan fingerprint density at radius 2 is 1.94 bits per heavy atom. The van der Waals surface area contributed by atoms with E-state index >= 15 is 0 Å². The lowest BCUT2D eigenvalue weighted by Gasteiger charge is -2.21. The lowest BCUT2D eigenvalue weighted by Crippen LogP contribution is -2.22. The molecule has 3 N–H and O–H groups in total. The molecule has 0 bridgehead atoms. The largest absolute Gasteiger partial charge is 0.480 e. The average molecular weight is 239 g/mol. The third-order valence-corrected chi connectivity index (χ3v) is 3.14. The van der Waals surface area contributed by atoms with E-state index in [0.717, 1.165) is 4.90 Å². The van der Waals surface area contributed by atoms with E-state index in [1.165, 1.54) is 0 Å². The molecule has 0 saturated heterocycles. The molecule has 0 aromatic heterocycles. The highest BCUT2D eigenvalue weighted by molar-refractivity contribution is 8.00. The second-order valence-electron chi connectivity index (χ2n) is 4.57. The van der Waals surface area contributed by atoms with Crippen LogP contribution in [0.5, 0.6) is 0 Å². The fourth-order valence-electron chi connectivity index (χ4n) is 1.29. The van der Waals surface area contributed by atoms with Crippen LogP contribution in [0.15, 0.2) is 29.2 Å². The molecule has 0 unspecified atom stereocenters. The summed E-state index contributed by atoms with van der Waals surface area (Å²) in [5.74, 6) is -0.998. The highest BCUT2D eigenvalue weighted by Gasteiger charge is 2.21. The molecular formula is C12H17NO2S. The number of aliphatic carboxylic acids is 1. The molecule has 0 heterocycles. The van der Waals surface area contributed by atoms with E-state index in [0.29, 0.717) is 5.56 Å². The van der Waals surface area contributed by atoms with Crippen molar-refractivity contribution in [2.45, 2.75) is 36.5 Å². The van der Waals surface area contributed by atoms with Gasteiger partial charge >= 0.3 is 5.97 Å². The Balaban J connectivity index is 3.05. The van der Waals surface area contributed by atoms with E-state index in [2.05, 4.69) is 20.8 Å². The molecule has 0 fully saturated rings. The third-order valence-electron chi connectivity index (χ3n) is 1.94. The Morgan fingerprint density at radius 3 is 2.44 bits per heavy atom. The number of carbonyl (C=O) groups is 1. The van der Waals surface area contributed by atoms with Crippen molar-refractivity contribution in [3.05, 3.63) is 29.8 Å². The van der Waals surface area contributed by atoms with Gasteiger partial charge in [0.15, 0.2) is 0 Å². The van der Waals surface area contributed by atoms with Crippen LogP contribution < -0.4 is 5.73 Å². The first-order chi connectivity index (χ1) is 7.31. The van der Waals surface area contributed by atoms with Gasteiger partial charge in [0.05, 0.1) is 0 Å². The van der Waals surface area contributed by atoms with Crippen LogP contribution in [0.4, 0.5) is 0 Å². The summed E-state index contributed by atoms with van der Waals surface area (Å²) in [6, 6.07) is 6.43. The predicted molar refractivity (Wildman–Crippen MR) is 66.6 cm³/mol. The van der Waals surface area contributed by atoms with Crippen LogP contribution in [0.1, 0.15) is 32.4 Å². The molecule has 1 aromatic rings. The average Bonchev–Trinajstić information content (AvgIpc) is 2.15. The molecule has 4 heteroatoms. The molecule has 3 nitrogen and oxygen atoms in total. The predicted octanol–water partition coefficient (Wildman–Crippen LogP) is 2.66. The van der Waals surface area contributed by atoms with Gasteiger partial charge in [-0.3, -0.25) is 4.79 Å². The number of hydrogen-bond acceptors (Lipinski definition) is 3. The first kappa shape index (κ1) is 13.1. The summed E-state index contributed by atoms with van der Waals surface area (Å²) in [6.45, 7) is 6.25. The van der Waals surface area contributed by atoms with E-state index in [1.54, 1.807) is 17.8 Å². The van der Waals surface area contributed by atoms with Gasteiger partial charge in [0.25, 0.3) is 0 Å². The van der Waals surface area contributed by atoms with Crippen molar-refractivity contribution >= 4 is 17.7 Å². The molecule has 16 heavy (non-hydrogen) atoms. The van der Waals surface area contributed by atoms with E-state index < -0.39 is 12.0 Å². The zero-order valence-corrected chi connectivity index (χ0v) is 10.5. The van der Waals surface area contributed by atoms with Crippen molar-refractivity contribution in [3.63, 3.8) is 0 Å². The standard InChI is InChI=1S/C12H17NO2S/c1-12(2,3)16-9-7-5-4-6-8(9)10(13)11(14)15/h4-7,10H,13H2,1-3H3,(H,14,15)/t10-/m0/s1. The lowest BCUT2D eigenvalue weighted by atomic mass is 10.1. The van der Waals surface area contributed by atoms with Gasteiger partial charge in [-0.25, -0.2) is 0 Å². The van der Waals surface area contributed by atoms with Crippen molar-refractivity contribution < 1.29 is 9.90 Å². The van der Waals surface area contributed by atoms with Gasteiger partial charge in [0.2, 0.25) is 0 Å². The van der Waals surface area contributed by atoms with E-state index in [9.17, 15) is 4.79 Å². The van der Waals surface area contributed by atoms with Crippen LogP contribution >= 0.6 is 11.8 Å². The maximum atomic E-state index is 10.9. The minimum atomic E-state index is -0.998. The van der Waals surface area contributed by atoms with Gasteiger partial charge in [-0.1, -0.05) is 39.0 Å². The Kier molecular flexibility index (Phi) is 3.99. The van der Waals surface area contributed by atoms with Crippen molar-refractivity contribution in [2.24, 2.45) is 5.73 Å². The minimum absolute atomic E-state index is 0.0360. The fourth-order valence-corrected chi connectivity index (χ4v) is 2.41. The molecule has 0 aliphatic heterocycles. The molecule has 1 aromatic carbocycles. The lowest BCUT2D eigenvalue weighted by molar-refractivity contribution is -0.138. The summed E-state index contributed by atoms with van der Waals surface area (Å²) < 4.78 is 0.0360. The summed E-state index contributed by atoms with van der Waals surface area (Å²) >= 11 is 1.63. The van der Waals surface area contributed by atoms with Crippen molar-refractivity contribution in [3.8, 4) is 0 Å². The third kappa shape index (κ3) is 3.54. The number of thioether (sulfide) groups is 1. The topological polar surface area (TPSA) is 63.3 Å². The normalized spacial score (nSPS) is 13.5. The summed E-state index contributed by atoms with van der Waals surface area (Å²) in [5.41, 5.74) is 6.32. The van der Waals surface area contributed by atoms with E-state index in [4.69, 9.17) is 10.8 Å². The fraction of sp³-hybridized carbons (Fsp3) is 0.417. The number of carboxylic acid groups (broad SMARTS) is 1. The van der Waals surface area contributed by atoms with E-state index in [1.807, 2.05) is 18.2 Å². The van der Waals surface area contributed by atoms with Crippen LogP contribution in [0.2, 0.25) is 0 Å². The molecule has 0 amide bonds. The number of hydrogen-bond donors (Lipinski definition) is 2. The highest BCUT2D eigenvalue weighted by atomic mass is 32.2. The summed E-state index contributed by atoms with van der Waals surface area (Å²) in [7, 11) is 0. The van der Waals surface area contributed by atoms with Crippen molar-refractivity contribution in [1.29, 1.82) is 0 Å². The summed E-state index contributed by atoms with van der Waals surface area (Å²) in [5, 5.41) is 8.92. The van der Waals surface area contributed by atoms with Gasteiger partial charge < -0.3 is 10.8 Å². The number of carboxylic acids is 1. The van der Waals surface area contributed by atoms with Crippen molar-refractivity contribution in [1.82, 2.24) is 0 Å². The van der Waals surface area contributed by atoms with Crippen LogP contribution in [-0.4, -0.2) is 15.8 Å². The number of nitrogens with two attached hydrogens (primary N) is 1. The first-order valence-corrected chi connectivity index (χ1v) is 5.89. The van der Waals surface area contributed by atoms with E-state index in [-0.39, 0.29) is 4.75 Å². The maximum Gasteiger partial charge on any atom is 0.325 e. The molecule has 0 spiro atoms. The molecule has 0 radical (unpaired) electrons. The van der Waals surface area contributed by atoms with Crippen LogP contribution in [0, 0.1) is 0 Å². The monoisotopic (exact) mass is 239 g/mol. The number of rotatable bonds is 3. The van der Waals surface area contributed by atoms with Gasteiger partial charge in [-0.15, -0.1) is 11.8 Å². The Labute approximate surface area is 100 Å². The van der Waals surface area contributed by atoms with Gasteiger partial charge in [-0.05, 0) is 11.6 Å². The summed E-state index contributed by atoms with van der Waals surface area (Å²) in [6.07, 6.45) is 0. The molecule has 0 saturated carbocycles. The molecular weight excluding hydrogens is 222 g/mol. The van der Waals surface area contributed by atoms with Crippen LogP contribution in [0.25, 0.3) is 0 Å². The first-order valence-electron chi connectivity index (χ1n) is 5.07. The maximum absolute atomic E-state index is 10.9.